The molecule has 0 aliphatic carbocycles. The van der Waals surface area contributed by atoms with Crippen LogP contribution in [0.25, 0.3) is 17.0 Å². The third-order valence-corrected chi connectivity index (χ3v) is 3.89. The van der Waals surface area contributed by atoms with Crippen LogP contribution in [0.3, 0.4) is 0 Å². The lowest BCUT2D eigenvalue weighted by molar-refractivity contribution is -0.137. The second kappa shape index (κ2) is 4.60. The first-order chi connectivity index (χ1) is 9.77. The van der Waals surface area contributed by atoms with E-state index in [-0.39, 0.29) is 10.7 Å². The van der Waals surface area contributed by atoms with Gasteiger partial charge in [0.2, 0.25) is 0 Å². The van der Waals surface area contributed by atoms with Gasteiger partial charge in [-0.15, -0.1) is 11.3 Å². The fourth-order valence-electron chi connectivity index (χ4n) is 2.08. The molecule has 2 N–H and O–H groups in total. The molecule has 3 heterocycles. The SMILES string of the molecule is Cc1nc2c(Cl)cc(C(F)(F)F)cn2c1-c1csc(N)n1. The molecule has 0 radical (unpaired) electrons. The lowest BCUT2D eigenvalue weighted by Crippen LogP contribution is -2.07. The summed E-state index contributed by atoms with van der Waals surface area (Å²) >= 11 is 7.12. The number of imidazole rings is 1. The summed E-state index contributed by atoms with van der Waals surface area (Å²) < 4.78 is 40.0. The number of nitrogens with zero attached hydrogens (tertiary/aromatic N) is 3. The number of pyridine rings is 1. The van der Waals surface area contributed by atoms with Crippen molar-refractivity contribution in [3.63, 3.8) is 0 Å². The van der Waals surface area contributed by atoms with Crippen LogP contribution in [0.2, 0.25) is 5.02 Å². The van der Waals surface area contributed by atoms with Crippen LogP contribution >= 0.6 is 22.9 Å². The van der Waals surface area contributed by atoms with Crippen molar-refractivity contribution in [3.05, 3.63) is 33.9 Å². The molecule has 0 amide bonds. The molecule has 0 unspecified atom stereocenters. The molecule has 0 bridgehead atoms. The Hall–Kier alpha value is -1.80. The highest BCUT2D eigenvalue weighted by molar-refractivity contribution is 7.13. The quantitative estimate of drug-likeness (QED) is 0.732. The van der Waals surface area contributed by atoms with Gasteiger partial charge in [0.25, 0.3) is 0 Å². The Morgan fingerprint density at radius 1 is 1.33 bits per heavy atom. The number of anilines is 1. The monoisotopic (exact) mass is 332 g/mol. The molecular weight excluding hydrogens is 325 g/mol. The largest absolute Gasteiger partial charge is 0.417 e. The standard InChI is InChI=1S/C12H8ClF3N4S/c1-5-9(8-4-21-11(17)19-8)20-3-6(12(14,15)16)2-7(13)10(20)18-5/h2-4H,1H3,(H2,17,19). The molecular formula is C12H8ClF3N4S. The molecule has 0 spiro atoms. The summed E-state index contributed by atoms with van der Waals surface area (Å²) in [6.07, 6.45) is -3.53. The number of halogens is 4. The number of fused-ring (bicyclic) bond motifs is 1. The summed E-state index contributed by atoms with van der Waals surface area (Å²) in [7, 11) is 0. The van der Waals surface area contributed by atoms with E-state index in [0.717, 1.165) is 12.3 Å². The number of aromatic nitrogens is 3. The lowest BCUT2D eigenvalue weighted by atomic mass is 10.2. The molecule has 0 saturated carbocycles. The van der Waals surface area contributed by atoms with E-state index in [1.54, 1.807) is 12.3 Å². The second-order valence-electron chi connectivity index (χ2n) is 4.38. The van der Waals surface area contributed by atoms with Crippen LogP contribution in [0, 0.1) is 6.92 Å². The van der Waals surface area contributed by atoms with Crippen molar-refractivity contribution >= 4 is 33.7 Å². The minimum absolute atomic E-state index is 0.0672. The number of rotatable bonds is 1. The normalized spacial score (nSPS) is 12.2. The van der Waals surface area contributed by atoms with Gasteiger partial charge < -0.3 is 5.73 Å². The van der Waals surface area contributed by atoms with Crippen LogP contribution in [-0.4, -0.2) is 14.4 Å². The maximum absolute atomic E-state index is 12.9. The maximum atomic E-state index is 12.9. The summed E-state index contributed by atoms with van der Waals surface area (Å²) in [5, 5.41) is 1.93. The van der Waals surface area contributed by atoms with E-state index in [4.69, 9.17) is 17.3 Å². The predicted octanol–water partition coefficient (Wildman–Crippen LogP) is 4.02. The van der Waals surface area contributed by atoms with Gasteiger partial charge in [-0.05, 0) is 13.0 Å². The van der Waals surface area contributed by atoms with Crippen LogP contribution in [-0.2, 0) is 6.18 Å². The molecule has 3 rings (SSSR count). The van der Waals surface area contributed by atoms with E-state index >= 15 is 0 Å². The van der Waals surface area contributed by atoms with E-state index in [0.29, 0.717) is 22.2 Å². The minimum atomic E-state index is -4.49. The summed E-state index contributed by atoms with van der Waals surface area (Å²) in [4.78, 5) is 8.31. The average molecular weight is 333 g/mol. The molecule has 0 aliphatic heterocycles. The van der Waals surface area contributed by atoms with E-state index < -0.39 is 11.7 Å². The predicted molar refractivity (Wildman–Crippen MR) is 75.5 cm³/mol. The van der Waals surface area contributed by atoms with E-state index in [2.05, 4.69) is 9.97 Å². The van der Waals surface area contributed by atoms with Crippen molar-refractivity contribution in [1.29, 1.82) is 0 Å². The second-order valence-corrected chi connectivity index (χ2v) is 5.68. The molecule has 3 aromatic heterocycles. The molecule has 21 heavy (non-hydrogen) atoms. The molecule has 3 aromatic rings. The van der Waals surface area contributed by atoms with Crippen molar-refractivity contribution in [2.75, 3.05) is 5.73 Å². The molecule has 0 aliphatic rings. The van der Waals surface area contributed by atoms with Gasteiger partial charge in [0.15, 0.2) is 10.8 Å². The summed E-state index contributed by atoms with van der Waals surface area (Å²) in [6, 6.07) is 0.864. The van der Waals surface area contributed by atoms with Gasteiger partial charge in [0.05, 0.1) is 22.0 Å². The van der Waals surface area contributed by atoms with Gasteiger partial charge in [-0.3, -0.25) is 4.40 Å². The number of hydrogen-bond acceptors (Lipinski definition) is 4. The van der Waals surface area contributed by atoms with E-state index in [9.17, 15) is 13.2 Å². The molecule has 110 valence electrons. The van der Waals surface area contributed by atoms with Crippen LogP contribution in [0.4, 0.5) is 18.3 Å². The van der Waals surface area contributed by atoms with Gasteiger partial charge in [-0.1, -0.05) is 11.6 Å². The Labute approximate surface area is 126 Å². The highest BCUT2D eigenvalue weighted by atomic mass is 35.5. The van der Waals surface area contributed by atoms with E-state index in [1.807, 2.05) is 0 Å². The van der Waals surface area contributed by atoms with Gasteiger partial charge in [-0.2, -0.15) is 13.2 Å². The van der Waals surface area contributed by atoms with Crippen molar-refractivity contribution in [2.45, 2.75) is 13.1 Å². The lowest BCUT2D eigenvalue weighted by Gasteiger charge is -2.09. The number of alkyl halides is 3. The van der Waals surface area contributed by atoms with Crippen LogP contribution in [0.1, 0.15) is 11.3 Å². The third-order valence-electron chi connectivity index (χ3n) is 2.94. The van der Waals surface area contributed by atoms with Gasteiger partial charge in [-0.25, -0.2) is 9.97 Å². The zero-order valence-corrected chi connectivity index (χ0v) is 12.1. The fourth-order valence-corrected chi connectivity index (χ4v) is 2.88. The maximum Gasteiger partial charge on any atom is 0.417 e. The molecule has 0 fully saturated rings. The van der Waals surface area contributed by atoms with Crippen molar-refractivity contribution in [1.82, 2.24) is 14.4 Å². The smallest absolute Gasteiger partial charge is 0.375 e. The minimum Gasteiger partial charge on any atom is -0.375 e. The average Bonchev–Trinajstić information content (AvgIpc) is 2.91. The number of nitrogen functional groups attached to an aromatic ring is 1. The third kappa shape index (κ3) is 2.34. The summed E-state index contributed by atoms with van der Waals surface area (Å²) in [5.41, 5.74) is 6.44. The van der Waals surface area contributed by atoms with Crippen molar-refractivity contribution < 1.29 is 13.2 Å². The Morgan fingerprint density at radius 3 is 2.62 bits per heavy atom. The van der Waals surface area contributed by atoms with Crippen molar-refractivity contribution in [2.24, 2.45) is 0 Å². The highest BCUT2D eigenvalue weighted by Crippen LogP contribution is 2.35. The molecule has 0 atom stereocenters. The Morgan fingerprint density at radius 2 is 2.05 bits per heavy atom. The van der Waals surface area contributed by atoms with Crippen LogP contribution < -0.4 is 5.73 Å². The Bertz CT molecular complexity index is 837. The fraction of sp³-hybridized carbons (Fsp3) is 0.167. The summed E-state index contributed by atoms with van der Waals surface area (Å²) in [5.74, 6) is 0. The highest BCUT2D eigenvalue weighted by Gasteiger charge is 2.32. The first kappa shape index (κ1) is 14.2. The Kier molecular flexibility index (Phi) is 3.10. The molecule has 9 heteroatoms. The molecule has 4 nitrogen and oxygen atoms in total. The number of hydrogen-bond donors (Lipinski definition) is 1. The van der Waals surface area contributed by atoms with Gasteiger partial charge in [0, 0.05) is 11.6 Å². The summed E-state index contributed by atoms with van der Waals surface area (Å²) in [6.45, 7) is 1.68. The number of thiazole rings is 1. The number of nitrogens with two attached hydrogens (primary N) is 1. The topological polar surface area (TPSA) is 56.2 Å². The van der Waals surface area contributed by atoms with Crippen LogP contribution in [0.5, 0.6) is 0 Å². The zero-order valence-electron chi connectivity index (χ0n) is 10.6. The first-order valence-corrected chi connectivity index (χ1v) is 7.00. The first-order valence-electron chi connectivity index (χ1n) is 5.74. The van der Waals surface area contributed by atoms with Gasteiger partial charge in [0.1, 0.15) is 5.69 Å². The van der Waals surface area contributed by atoms with Crippen LogP contribution in [0.15, 0.2) is 17.6 Å². The molecule has 0 aromatic carbocycles. The van der Waals surface area contributed by atoms with Gasteiger partial charge >= 0.3 is 6.18 Å². The molecule has 0 saturated heterocycles. The Balaban J connectivity index is 2.34. The number of aryl methyl sites for hydroxylation is 1. The zero-order chi connectivity index (χ0) is 15.4. The van der Waals surface area contributed by atoms with Crippen molar-refractivity contribution in [3.8, 4) is 11.4 Å². The van der Waals surface area contributed by atoms with E-state index in [1.165, 1.54) is 15.7 Å².